The average molecular weight is 348 g/mol. The number of nitro benzene ring substituents is 1. The van der Waals surface area contributed by atoms with Gasteiger partial charge in [0.2, 0.25) is 12.3 Å². The lowest BCUT2D eigenvalue weighted by Crippen LogP contribution is -1.92. The van der Waals surface area contributed by atoms with Gasteiger partial charge in [0.05, 0.1) is 10.4 Å². The van der Waals surface area contributed by atoms with Crippen molar-refractivity contribution in [3.8, 4) is 23.0 Å². The van der Waals surface area contributed by atoms with Gasteiger partial charge in [0, 0.05) is 29.3 Å². The zero-order valence-electron chi connectivity index (χ0n) is 13.6. The molecule has 0 spiro atoms. The van der Waals surface area contributed by atoms with Crippen LogP contribution in [0.4, 0.5) is 5.69 Å². The number of fused-ring (bicyclic) bond motifs is 1. The smallest absolute Gasteiger partial charge is 0.269 e. The molecule has 0 N–H and O–H groups in total. The highest BCUT2D eigenvalue weighted by Crippen LogP contribution is 2.34. The molecule has 0 aliphatic carbocycles. The van der Waals surface area contributed by atoms with E-state index in [0.717, 1.165) is 22.0 Å². The van der Waals surface area contributed by atoms with Crippen molar-refractivity contribution in [2.45, 2.75) is 6.92 Å². The van der Waals surface area contributed by atoms with Crippen molar-refractivity contribution in [3.05, 3.63) is 70.7 Å². The van der Waals surface area contributed by atoms with E-state index in [-0.39, 0.29) is 5.69 Å². The van der Waals surface area contributed by atoms with Crippen LogP contribution in [-0.4, -0.2) is 20.1 Å². The van der Waals surface area contributed by atoms with Crippen molar-refractivity contribution in [1.82, 2.24) is 15.2 Å². The predicted octanol–water partition coefficient (Wildman–Crippen LogP) is 4.29. The van der Waals surface area contributed by atoms with Gasteiger partial charge in [0.1, 0.15) is 11.5 Å². The van der Waals surface area contributed by atoms with E-state index in [4.69, 9.17) is 9.15 Å². The summed E-state index contributed by atoms with van der Waals surface area (Å²) in [6.07, 6.45) is 2.92. The molecule has 8 heteroatoms. The van der Waals surface area contributed by atoms with Crippen LogP contribution in [-0.2, 0) is 0 Å². The molecule has 0 unspecified atom stereocenters. The molecular weight excluding hydrogens is 336 g/mol. The van der Waals surface area contributed by atoms with Gasteiger partial charge >= 0.3 is 0 Å². The summed E-state index contributed by atoms with van der Waals surface area (Å²) in [6.45, 7) is 1.94. The summed E-state index contributed by atoms with van der Waals surface area (Å²) in [7, 11) is 0. The molecule has 0 amide bonds. The SMILES string of the molecule is Cc1cc2nccc(Oc3ccc([N+](=O)[O-])cc3)c2cc1-c1nnco1. The van der Waals surface area contributed by atoms with E-state index < -0.39 is 4.92 Å². The van der Waals surface area contributed by atoms with Crippen LogP contribution >= 0.6 is 0 Å². The lowest BCUT2D eigenvalue weighted by Gasteiger charge is -2.10. The number of nitro groups is 1. The zero-order valence-corrected chi connectivity index (χ0v) is 13.6. The Morgan fingerprint density at radius 1 is 1.15 bits per heavy atom. The average Bonchev–Trinajstić information content (AvgIpc) is 3.16. The van der Waals surface area contributed by atoms with Crippen LogP contribution in [0, 0.1) is 17.0 Å². The first-order valence-electron chi connectivity index (χ1n) is 7.70. The number of pyridine rings is 1. The molecule has 0 saturated heterocycles. The molecule has 4 rings (SSSR count). The fourth-order valence-corrected chi connectivity index (χ4v) is 2.64. The van der Waals surface area contributed by atoms with Gasteiger partial charge in [0.15, 0.2) is 0 Å². The fourth-order valence-electron chi connectivity index (χ4n) is 2.64. The van der Waals surface area contributed by atoms with Crippen molar-refractivity contribution in [2.75, 3.05) is 0 Å². The molecule has 26 heavy (non-hydrogen) atoms. The van der Waals surface area contributed by atoms with Crippen molar-refractivity contribution < 1.29 is 14.1 Å². The molecule has 4 aromatic rings. The maximum Gasteiger partial charge on any atom is 0.269 e. The second kappa shape index (κ2) is 6.25. The number of benzene rings is 2. The maximum absolute atomic E-state index is 10.8. The number of hydrogen-bond acceptors (Lipinski definition) is 7. The number of aryl methyl sites for hydroxylation is 1. The number of aromatic nitrogens is 3. The van der Waals surface area contributed by atoms with Gasteiger partial charge in [-0.2, -0.15) is 0 Å². The van der Waals surface area contributed by atoms with Crippen LogP contribution < -0.4 is 4.74 Å². The molecule has 0 aliphatic heterocycles. The van der Waals surface area contributed by atoms with E-state index in [2.05, 4.69) is 15.2 Å². The minimum Gasteiger partial charge on any atom is -0.457 e. The van der Waals surface area contributed by atoms with Crippen molar-refractivity contribution in [2.24, 2.45) is 0 Å². The van der Waals surface area contributed by atoms with Gasteiger partial charge in [0.25, 0.3) is 5.69 Å². The topological polar surface area (TPSA) is 104 Å². The van der Waals surface area contributed by atoms with E-state index in [1.807, 2.05) is 19.1 Å². The molecule has 2 aromatic carbocycles. The number of non-ortho nitro benzene ring substituents is 1. The highest BCUT2D eigenvalue weighted by Gasteiger charge is 2.13. The van der Waals surface area contributed by atoms with Gasteiger partial charge in [-0.05, 0) is 42.8 Å². The minimum absolute atomic E-state index is 0.00578. The van der Waals surface area contributed by atoms with E-state index in [0.29, 0.717) is 17.4 Å². The molecule has 0 bridgehead atoms. The summed E-state index contributed by atoms with van der Waals surface area (Å²) in [5.74, 6) is 1.47. The minimum atomic E-state index is -0.453. The van der Waals surface area contributed by atoms with E-state index >= 15 is 0 Å². The highest BCUT2D eigenvalue weighted by atomic mass is 16.6. The molecule has 0 atom stereocenters. The summed E-state index contributed by atoms with van der Waals surface area (Å²) in [6, 6.07) is 11.4. The standard InChI is InChI=1S/C18H12N4O4/c1-11-8-16-15(9-14(11)18-21-20-10-25-18)17(6-7-19-16)26-13-4-2-12(3-5-13)22(23)24/h2-10H,1H3. The highest BCUT2D eigenvalue weighted by molar-refractivity contribution is 5.90. The lowest BCUT2D eigenvalue weighted by molar-refractivity contribution is -0.384. The third-order valence-electron chi connectivity index (χ3n) is 3.91. The zero-order chi connectivity index (χ0) is 18.1. The molecule has 8 nitrogen and oxygen atoms in total. The normalized spacial score (nSPS) is 10.8. The van der Waals surface area contributed by atoms with Crippen LogP contribution in [0.1, 0.15) is 5.56 Å². The van der Waals surface area contributed by atoms with Crippen molar-refractivity contribution >= 4 is 16.6 Å². The first kappa shape index (κ1) is 15.7. The monoisotopic (exact) mass is 348 g/mol. The Bertz CT molecular complexity index is 1090. The number of nitrogens with zero attached hydrogens (tertiary/aromatic N) is 4. The molecule has 0 radical (unpaired) electrons. The summed E-state index contributed by atoms with van der Waals surface area (Å²) in [4.78, 5) is 14.7. The molecular formula is C18H12N4O4. The van der Waals surface area contributed by atoms with Gasteiger partial charge in [-0.3, -0.25) is 15.1 Å². The molecule has 0 aliphatic rings. The number of rotatable bonds is 4. The Morgan fingerprint density at radius 2 is 1.96 bits per heavy atom. The van der Waals surface area contributed by atoms with Crippen molar-refractivity contribution in [3.63, 3.8) is 0 Å². The Balaban J connectivity index is 1.77. The van der Waals surface area contributed by atoms with Crippen LogP contribution in [0.25, 0.3) is 22.4 Å². The Hall–Kier alpha value is -3.81. The Kier molecular flexibility index (Phi) is 3.77. The first-order valence-corrected chi connectivity index (χ1v) is 7.70. The predicted molar refractivity (Wildman–Crippen MR) is 92.9 cm³/mol. The van der Waals surface area contributed by atoms with Crippen LogP contribution in [0.5, 0.6) is 11.5 Å². The van der Waals surface area contributed by atoms with Crippen LogP contribution in [0.3, 0.4) is 0 Å². The number of ether oxygens (including phenoxy) is 1. The third kappa shape index (κ3) is 2.84. The summed E-state index contributed by atoms with van der Waals surface area (Å²) >= 11 is 0. The van der Waals surface area contributed by atoms with Crippen molar-refractivity contribution in [1.29, 1.82) is 0 Å². The summed E-state index contributed by atoms with van der Waals surface area (Å²) < 4.78 is 11.2. The van der Waals surface area contributed by atoms with Gasteiger partial charge in [-0.25, -0.2) is 0 Å². The van der Waals surface area contributed by atoms with Gasteiger partial charge in [-0.15, -0.1) is 10.2 Å². The van der Waals surface area contributed by atoms with Gasteiger partial charge < -0.3 is 9.15 Å². The number of hydrogen-bond donors (Lipinski definition) is 0. The fraction of sp³-hybridized carbons (Fsp3) is 0.0556. The molecule has 0 fully saturated rings. The molecule has 2 heterocycles. The molecule has 2 aromatic heterocycles. The van der Waals surface area contributed by atoms with E-state index in [9.17, 15) is 10.1 Å². The van der Waals surface area contributed by atoms with E-state index in [1.54, 1.807) is 24.4 Å². The maximum atomic E-state index is 10.8. The second-order valence-electron chi connectivity index (χ2n) is 5.59. The van der Waals surface area contributed by atoms with Crippen LogP contribution in [0.2, 0.25) is 0 Å². The van der Waals surface area contributed by atoms with Crippen LogP contribution in [0.15, 0.2) is 59.5 Å². The van der Waals surface area contributed by atoms with E-state index in [1.165, 1.54) is 18.5 Å². The molecule has 0 saturated carbocycles. The third-order valence-corrected chi connectivity index (χ3v) is 3.91. The first-order chi connectivity index (χ1) is 12.6. The largest absolute Gasteiger partial charge is 0.457 e. The molecule has 128 valence electrons. The van der Waals surface area contributed by atoms with Gasteiger partial charge in [-0.1, -0.05) is 0 Å². The lowest BCUT2D eigenvalue weighted by atomic mass is 10.0. The second-order valence-corrected chi connectivity index (χ2v) is 5.59. The Morgan fingerprint density at radius 3 is 2.65 bits per heavy atom. The summed E-state index contributed by atoms with van der Waals surface area (Å²) in [5, 5.41) is 19.2. The quantitative estimate of drug-likeness (QED) is 0.400. The Labute approximate surface area is 147 Å². The summed E-state index contributed by atoms with van der Waals surface area (Å²) in [5.41, 5.74) is 2.50.